The predicted octanol–water partition coefficient (Wildman–Crippen LogP) is 3.00. The largest absolute Gasteiger partial charge is 0.480 e. The predicted molar refractivity (Wildman–Crippen MR) is 73.2 cm³/mol. The van der Waals surface area contributed by atoms with Crippen molar-refractivity contribution in [2.45, 2.75) is 45.6 Å². The second-order valence-corrected chi connectivity index (χ2v) is 5.07. The Bertz CT molecular complexity index is 442. The van der Waals surface area contributed by atoms with Gasteiger partial charge in [0, 0.05) is 12.2 Å². The number of fused-ring (bicyclic) bond motifs is 1. The highest BCUT2D eigenvalue weighted by atomic mass is 16.4. The highest BCUT2D eigenvalue weighted by Crippen LogP contribution is 2.30. The first kappa shape index (κ1) is 12.9. The number of benzene rings is 1. The van der Waals surface area contributed by atoms with Crippen molar-refractivity contribution in [3.05, 3.63) is 29.3 Å². The summed E-state index contributed by atoms with van der Waals surface area (Å²) in [5.41, 5.74) is 3.66. The van der Waals surface area contributed by atoms with Crippen LogP contribution < -0.4 is 4.90 Å². The minimum Gasteiger partial charge on any atom is -0.480 e. The number of aliphatic carboxylic acids is 1. The van der Waals surface area contributed by atoms with Gasteiger partial charge in [0.25, 0.3) is 0 Å². The van der Waals surface area contributed by atoms with Crippen LogP contribution >= 0.6 is 0 Å². The monoisotopic (exact) mass is 247 g/mol. The zero-order valence-corrected chi connectivity index (χ0v) is 11.1. The molecule has 0 spiro atoms. The van der Waals surface area contributed by atoms with E-state index in [0.29, 0.717) is 6.42 Å². The van der Waals surface area contributed by atoms with Crippen molar-refractivity contribution >= 4 is 11.7 Å². The number of carbonyl (C=O) groups is 1. The van der Waals surface area contributed by atoms with E-state index in [9.17, 15) is 9.90 Å². The fourth-order valence-corrected chi connectivity index (χ4v) is 2.76. The molecule has 0 aliphatic carbocycles. The van der Waals surface area contributed by atoms with Gasteiger partial charge >= 0.3 is 5.97 Å². The molecule has 1 aliphatic rings. The number of hydrogen-bond donors (Lipinski definition) is 1. The Hall–Kier alpha value is -1.51. The quantitative estimate of drug-likeness (QED) is 0.889. The zero-order valence-electron chi connectivity index (χ0n) is 11.1. The molecule has 3 heteroatoms. The van der Waals surface area contributed by atoms with E-state index in [1.54, 1.807) is 0 Å². The fourth-order valence-electron chi connectivity index (χ4n) is 2.76. The SMILES string of the molecule is CCCC(C(=O)O)N1CCCc2cc(C)ccc21. The maximum atomic E-state index is 11.4. The highest BCUT2D eigenvalue weighted by molar-refractivity contribution is 5.79. The van der Waals surface area contributed by atoms with Gasteiger partial charge in [-0.3, -0.25) is 0 Å². The summed E-state index contributed by atoms with van der Waals surface area (Å²) >= 11 is 0. The molecule has 1 aliphatic heterocycles. The maximum absolute atomic E-state index is 11.4. The van der Waals surface area contributed by atoms with Crippen LogP contribution in [0.3, 0.4) is 0 Å². The lowest BCUT2D eigenvalue weighted by Gasteiger charge is -2.36. The van der Waals surface area contributed by atoms with Crippen LogP contribution in [0.5, 0.6) is 0 Å². The highest BCUT2D eigenvalue weighted by Gasteiger charge is 2.28. The van der Waals surface area contributed by atoms with Gasteiger partial charge in [-0.05, 0) is 37.8 Å². The Balaban J connectivity index is 2.33. The number of hydrogen-bond acceptors (Lipinski definition) is 2. The lowest BCUT2D eigenvalue weighted by atomic mass is 9.97. The molecule has 0 radical (unpaired) electrons. The lowest BCUT2D eigenvalue weighted by molar-refractivity contribution is -0.138. The second-order valence-electron chi connectivity index (χ2n) is 5.07. The molecule has 1 N–H and O–H groups in total. The van der Waals surface area contributed by atoms with Gasteiger partial charge in [-0.2, -0.15) is 0 Å². The molecular weight excluding hydrogens is 226 g/mol. The molecule has 18 heavy (non-hydrogen) atoms. The summed E-state index contributed by atoms with van der Waals surface area (Å²) in [4.78, 5) is 13.5. The normalized spacial score (nSPS) is 16.2. The maximum Gasteiger partial charge on any atom is 0.326 e. The van der Waals surface area contributed by atoms with Crippen molar-refractivity contribution in [3.8, 4) is 0 Å². The fraction of sp³-hybridized carbons (Fsp3) is 0.533. The molecule has 1 aromatic carbocycles. The molecule has 98 valence electrons. The van der Waals surface area contributed by atoms with Gasteiger partial charge in [0.05, 0.1) is 0 Å². The lowest BCUT2D eigenvalue weighted by Crippen LogP contribution is -2.44. The molecule has 2 rings (SSSR count). The molecule has 0 fully saturated rings. The van der Waals surface area contributed by atoms with Crippen molar-refractivity contribution in [2.24, 2.45) is 0 Å². The van der Waals surface area contributed by atoms with Crippen LogP contribution in [0, 0.1) is 6.92 Å². The van der Waals surface area contributed by atoms with E-state index in [2.05, 4.69) is 30.0 Å². The van der Waals surface area contributed by atoms with Crippen molar-refractivity contribution in [1.82, 2.24) is 0 Å². The van der Waals surface area contributed by atoms with E-state index in [-0.39, 0.29) is 6.04 Å². The molecule has 1 atom stereocenters. The average Bonchev–Trinajstić information content (AvgIpc) is 2.34. The van der Waals surface area contributed by atoms with E-state index in [1.807, 2.05) is 6.92 Å². The number of anilines is 1. The van der Waals surface area contributed by atoms with Crippen molar-refractivity contribution in [3.63, 3.8) is 0 Å². The zero-order chi connectivity index (χ0) is 13.1. The van der Waals surface area contributed by atoms with Crippen LogP contribution in [0.2, 0.25) is 0 Å². The van der Waals surface area contributed by atoms with Gasteiger partial charge in [-0.15, -0.1) is 0 Å². The third-order valence-electron chi connectivity index (χ3n) is 3.61. The first-order chi connectivity index (χ1) is 8.63. The summed E-state index contributed by atoms with van der Waals surface area (Å²) in [5.74, 6) is -0.703. The van der Waals surface area contributed by atoms with E-state index >= 15 is 0 Å². The van der Waals surface area contributed by atoms with Crippen LogP contribution in [0.4, 0.5) is 5.69 Å². The van der Waals surface area contributed by atoms with Gasteiger partial charge in [0.2, 0.25) is 0 Å². The number of carboxylic acid groups (broad SMARTS) is 1. The Kier molecular flexibility index (Phi) is 3.90. The van der Waals surface area contributed by atoms with Gasteiger partial charge < -0.3 is 10.0 Å². The van der Waals surface area contributed by atoms with E-state index < -0.39 is 5.97 Å². The molecule has 0 saturated heterocycles. The third kappa shape index (κ3) is 2.50. The van der Waals surface area contributed by atoms with Crippen LogP contribution in [-0.4, -0.2) is 23.7 Å². The van der Waals surface area contributed by atoms with E-state index in [1.165, 1.54) is 11.1 Å². The van der Waals surface area contributed by atoms with Crippen LogP contribution in [0.25, 0.3) is 0 Å². The van der Waals surface area contributed by atoms with Gasteiger partial charge in [-0.25, -0.2) is 4.79 Å². The summed E-state index contributed by atoms with van der Waals surface area (Å²) < 4.78 is 0. The minimum absolute atomic E-state index is 0.378. The molecule has 0 saturated carbocycles. The molecule has 0 aromatic heterocycles. The van der Waals surface area contributed by atoms with Crippen LogP contribution in [0.15, 0.2) is 18.2 Å². The molecule has 1 heterocycles. The molecule has 1 aromatic rings. The van der Waals surface area contributed by atoms with E-state index in [0.717, 1.165) is 31.5 Å². The molecule has 0 bridgehead atoms. The second kappa shape index (κ2) is 5.42. The number of aryl methyl sites for hydroxylation is 2. The third-order valence-corrected chi connectivity index (χ3v) is 3.61. The molecular formula is C15H21NO2. The Morgan fingerprint density at radius 1 is 1.50 bits per heavy atom. The van der Waals surface area contributed by atoms with Crippen molar-refractivity contribution in [2.75, 3.05) is 11.4 Å². The Morgan fingerprint density at radius 3 is 2.94 bits per heavy atom. The smallest absolute Gasteiger partial charge is 0.326 e. The summed E-state index contributed by atoms with van der Waals surface area (Å²) in [6.07, 6.45) is 3.72. The Labute approximate surface area is 108 Å². The number of nitrogens with zero attached hydrogens (tertiary/aromatic N) is 1. The molecule has 3 nitrogen and oxygen atoms in total. The first-order valence-corrected chi connectivity index (χ1v) is 6.72. The number of carboxylic acids is 1. The summed E-state index contributed by atoms with van der Waals surface area (Å²) in [5, 5.41) is 9.40. The summed E-state index contributed by atoms with van der Waals surface area (Å²) in [7, 11) is 0. The Morgan fingerprint density at radius 2 is 2.28 bits per heavy atom. The van der Waals surface area contributed by atoms with Gasteiger partial charge in [0.1, 0.15) is 6.04 Å². The molecule has 0 amide bonds. The van der Waals surface area contributed by atoms with Crippen molar-refractivity contribution < 1.29 is 9.90 Å². The average molecular weight is 247 g/mol. The topological polar surface area (TPSA) is 40.5 Å². The van der Waals surface area contributed by atoms with Gasteiger partial charge in [0.15, 0.2) is 0 Å². The van der Waals surface area contributed by atoms with E-state index in [4.69, 9.17) is 0 Å². The standard InChI is InChI=1S/C15H21NO2/c1-3-5-14(15(17)18)16-9-4-6-12-10-11(2)7-8-13(12)16/h7-8,10,14H,3-6,9H2,1-2H3,(H,17,18). The van der Waals surface area contributed by atoms with Crippen LogP contribution in [-0.2, 0) is 11.2 Å². The summed E-state index contributed by atoms with van der Waals surface area (Å²) in [6, 6.07) is 5.96. The minimum atomic E-state index is -0.703. The number of rotatable bonds is 4. The van der Waals surface area contributed by atoms with Crippen LogP contribution in [0.1, 0.15) is 37.3 Å². The van der Waals surface area contributed by atoms with Gasteiger partial charge in [-0.1, -0.05) is 31.0 Å². The van der Waals surface area contributed by atoms with Crippen molar-refractivity contribution in [1.29, 1.82) is 0 Å². The summed E-state index contributed by atoms with van der Waals surface area (Å²) in [6.45, 7) is 4.98. The first-order valence-electron chi connectivity index (χ1n) is 6.72. The molecule has 1 unspecified atom stereocenters.